The Hall–Kier alpha value is -4.44. The number of anilines is 2. The lowest BCUT2D eigenvalue weighted by molar-refractivity contribution is 0.0996. The smallest absolute Gasteiger partial charge is 0.263 e. The molecule has 4 aromatic rings. The first kappa shape index (κ1) is 18.3. The average Bonchev–Trinajstić information content (AvgIpc) is 3.31. The second-order valence-corrected chi connectivity index (χ2v) is 7.74. The second kappa shape index (κ2) is 7.06. The Balaban J connectivity index is 1.72. The number of nitrogens with zero attached hydrogens (tertiary/aromatic N) is 2. The molecule has 0 saturated heterocycles. The molecular formula is C28H18N2O2. The van der Waals surface area contributed by atoms with Crippen LogP contribution >= 0.6 is 0 Å². The van der Waals surface area contributed by atoms with E-state index in [4.69, 9.17) is 0 Å². The fourth-order valence-electron chi connectivity index (χ4n) is 4.55. The van der Waals surface area contributed by atoms with Gasteiger partial charge in [-0.25, -0.2) is 0 Å². The third kappa shape index (κ3) is 2.56. The molecule has 0 unspecified atom stereocenters. The maximum atomic E-state index is 13.6. The molecule has 0 atom stereocenters. The van der Waals surface area contributed by atoms with E-state index >= 15 is 0 Å². The van der Waals surface area contributed by atoms with Gasteiger partial charge in [-0.15, -0.1) is 0 Å². The normalized spacial score (nSPS) is 17.0. The van der Waals surface area contributed by atoms with Crippen molar-refractivity contribution in [3.05, 3.63) is 131 Å². The summed E-state index contributed by atoms with van der Waals surface area (Å²) in [5.74, 6) is -0.196. The molecule has 4 aromatic carbocycles. The molecular weight excluding hydrogens is 396 g/mol. The maximum absolute atomic E-state index is 13.6. The summed E-state index contributed by atoms with van der Waals surface area (Å²) in [7, 11) is 0. The molecule has 4 nitrogen and oxygen atoms in total. The fraction of sp³-hybridized carbons (Fsp3) is 0. The van der Waals surface area contributed by atoms with Gasteiger partial charge in [0.15, 0.2) is 0 Å². The van der Waals surface area contributed by atoms with E-state index in [9.17, 15) is 9.59 Å². The molecule has 0 saturated carbocycles. The molecule has 0 bridgehead atoms. The summed E-state index contributed by atoms with van der Waals surface area (Å²) >= 11 is 0. The zero-order chi connectivity index (χ0) is 21.7. The van der Waals surface area contributed by atoms with Gasteiger partial charge in [-0.2, -0.15) is 0 Å². The van der Waals surface area contributed by atoms with Crippen molar-refractivity contribution >= 4 is 34.6 Å². The highest BCUT2D eigenvalue weighted by molar-refractivity contribution is 6.33. The highest BCUT2D eigenvalue weighted by atomic mass is 16.2. The van der Waals surface area contributed by atoms with Gasteiger partial charge in [-0.1, -0.05) is 72.8 Å². The van der Waals surface area contributed by atoms with Crippen molar-refractivity contribution in [3.63, 3.8) is 0 Å². The van der Waals surface area contributed by atoms with Crippen LogP contribution in [0.25, 0.3) is 11.4 Å². The largest absolute Gasteiger partial charge is 0.274 e. The minimum absolute atomic E-state index is 0.0980. The molecule has 0 radical (unpaired) electrons. The van der Waals surface area contributed by atoms with Crippen LogP contribution in [-0.4, -0.2) is 11.8 Å². The number of fused-ring (bicyclic) bond motifs is 2. The average molecular weight is 414 g/mol. The molecule has 2 aliphatic heterocycles. The number of carbonyl (C=O) groups excluding carboxylic acids is 2. The molecule has 152 valence electrons. The monoisotopic (exact) mass is 414 g/mol. The molecule has 2 heterocycles. The summed E-state index contributed by atoms with van der Waals surface area (Å²) in [6, 6.07) is 34.4. The van der Waals surface area contributed by atoms with Gasteiger partial charge in [0.2, 0.25) is 0 Å². The second-order valence-electron chi connectivity index (χ2n) is 7.74. The summed E-state index contributed by atoms with van der Waals surface area (Å²) in [5.41, 5.74) is 5.87. The van der Waals surface area contributed by atoms with E-state index < -0.39 is 0 Å². The minimum atomic E-state index is -0.0980. The summed E-state index contributed by atoms with van der Waals surface area (Å²) in [6.07, 6.45) is 0. The SMILES string of the molecule is O=C1c2ccccc2/C(=C2/c3ccccc3C(=O)N2c2ccccc2)N1c1ccccc1. The molecule has 2 aliphatic rings. The van der Waals surface area contributed by atoms with E-state index in [2.05, 4.69) is 0 Å². The van der Waals surface area contributed by atoms with Crippen molar-refractivity contribution < 1.29 is 9.59 Å². The van der Waals surface area contributed by atoms with Crippen molar-refractivity contribution in [1.29, 1.82) is 0 Å². The number of hydrogen-bond donors (Lipinski definition) is 0. The van der Waals surface area contributed by atoms with Crippen LogP contribution in [0.4, 0.5) is 11.4 Å². The lowest BCUT2D eigenvalue weighted by atomic mass is 10.0. The Morgan fingerprint density at radius 3 is 1.06 bits per heavy atom. The molecule has 0 aromatic heterocycles. The maximum Gasteiger partial charge on any atom is 0.263 e. The molecule has 0 aliphatic carbocycles. The van der Waals surface area contributed by atoms with Gasteiger partial charge in [0.25, 0.3) is 11.8 Å². The fourth-order valence-corrected chi connectivity index (χ4v) is 4.55. The van der Waals surface area contributed by atoms with Crippen LogP contribution in [0.3, 0.4) is 0 Å². The van der Waals surface area contributed by atoms with Crippen molar-refractivity contribution in [3.8, 4) is 0 Å². The zero-order valence-corrected chi connectivity index (χ0v) is 17.1. The zero-order valence-electron chi connectivity index (χ0n) is 17.1. The lowest BCUT2D eigenvalue weighted by Crippen LogP contribution is -2.28. The first-order valence-electron chi connectivity index (χ1n) is 10.5. The van der Waals surface area contributed by atoms with Crippen molar-refractivity contribution in [2.75, 3.05) is 9.80 Å². The van der Waals surface area contributed by atoms with Crippen LogP contribution in [0, 0.1) is 0 Å². The van der Waals surface area contributed by atoms with Gasteiger partial charge in [0, 0.05) is 33.6 Å². The summed E-state index contributed by atoms with van der Waals surface area (Å²) in [5, 5.41) is 0. The summed E-state index contributed by atoms with van der Waals surface area (Å²) in [4.78, 5) is 30.6. The molecule has 0 spiro atoms. The van der Waals surface area contributed by atoms with E-state index in [0.29, 0.717) is 11.1 Å². The molecule has 0 N–H and O–H groups in total. The standard InChI is InChI=1S/C28H18N2O2/c31-27-23-17-9-7-15-21(23)25(29(27)19-11-3-1-4-12-19)26-22-16-8-10-18-24(22)28(32)30(26)20-13-5-2-6-14-20/h1-18H/b26-25+. The number of benzene rings is 4. The van der Waals surface area contributed by atoms with Crippen LogP contribution in [0.15, 0.2) is 109 Å². The Morgan fingerprint density at radius 1 is 0.375 bits per heavy atom. The van der Waals surface area contributed by atoms with E-state index in [-0.39, 0.29) is 11.8 Å². The van der Waals surface area contributed by atoms with Crippen molar-refractivity contribution in [2.24, 2.45) is 0 Å². The molecule has 4 heteroatoms. The van der Waals surface area contributed by atoms with E-state index in [1.807, 2.05) is 109 Å². The Kier molecular flexibility index (Phi) is 4.05. The summed E-state index contributed by atoms with van der Waals surface area (Å²) < 4.78 is 0. The topological polar surface area (TPSA) is 40.6 Å². The third-order valence-electron chi connectivity index (χ3n) is 5.93. The Morgan fingerprint density at radius 2 is 0.688 bits per heavy atom. The minimum Gasteiger partial charge on any atom is -0.274 e. The number of para-hydroxylation sites is 2. The van der Waals surface area contributed by atoms with Gasteiger partial charge >= 0.3 is 0 Å². The summed E-state index contributed by atoms with van der Waals surface area (Å²) in [6.45, 7) is 0. The van der Waals surface area contributed by atoms with E-state index in [0.717, 1.165) is 33.9 Å². The lowest BCUT2D eigenvalue weighted by Gasteiger charge is -2.26. The van der Waals surface area contributed by atoms with Crippen LogP contribution in [0.2, 0.25) is 0 Å². The van der Waals surface area contributed by atoms with Crippen LogP contribution < -0.4 is 9.80 Å². The molecule has 0 fully saturated rings. The van der Waals surface area contributed by atoms with Crippen molar-refractivity contribution in [1.82, 2.24) is 0 Å². The first-order chi connectivity index (χ1) is 15.8. The van der Waals surface area contributed by atoms with Gasteiger partial charge < -0.3 is 0 Å². The van der Waals surface area contributed by atoms with Crippen LogP contribution in [-0.2, 0) is 0 Å². The van der Waals surface area contributed by atoms with Crippen molar-refractivity contribution in [2.45, 2.75) is 0 Å². The first-order valence-corrected chi connectivity index (χ1v) is 10.5. The van der Waals surface area contributed by atoms with Crippen LogP contribution in [0.5, 0.6) is 0 Å². The molecule has 6 rings (SSSR count). The third-order valence-corrected chi connectivity index (χ3v) is 5.93. The molecule has 32 heavy (non-hydrogen) atoms. The Bertz CT molecular complexity index is 1300. The number of carbonyl (C=O) groups is 2. The highest BCUT2D eigenvalue weighted by Gasteiger charge is 2.42. The van der Waals surface area contributed by atoms with Gasteiger partial charge in [0.05, 0.1) is 11.4 Å². The van der Waals surface area contributed by atoms with Gasteiger partial charge in [-0.05, 0) is 36.4 Å². The van der Waals surface area contributed by atoms with Gasteiger partial charge in [0.1, 0.15) is 0 Å². The van der Waals surface area contributed by atoms with E-state index in [1.165, 1.54) is 0 Å². The predicted octanol–water partition coefficient (Wildman–Crippen LogP) is 5.83. The molecule has 2 amide bonds. The van der Waals surface area contributed by atoms with Crippen LogP contribution in [0.1, 0.15) is 31.8 Å². The number of hydrogen-bond acceptors (Lipinski definition) is 2. The Labute approximate surface area is 185 Å². The highest BCUT2D eigenvalue weighted by Crippen LogP contribution is 2.46. The predicted molar refractivity (Wildman–Crippen MR) is 126 cm³/mol. The quantitative estimate of drug-likeness (QED) is 0.414. The van der Waals surface area contributed by atoms with E-state index in [1.54, 1.807) is 9.80 Å². The number of amides is 2. The van der Waals surface area contributed by atoms with Gasteiger partial charge in [-0.3, -0.25) is 19.4 Å². The number of rotatable bonds is 2.